The number of carboxylic acids is 1. The first-order valence-electron chi connectivity index (χ1n) is 5.74. The van der Waals surface area contributed by atoms with Gasteiger partial charge in [0.1, 0.15) is 17.7 Å². The summed E-state index contributed by atoms with van der Waals surface area (Å²) in [6.45, 7) is 0.281. The predicted octanol–water partition coefficient (Wildman–Crippen LogP) is 1.95. The average Bonchev–Trinajstić information content (AvgIpc) is 2.38. The number of anilines is 1. The zero-order valence-electron chi connectivity index (χ0n) is 9.89. The molecule has 1 aliphatic rings. The molecule has 1 aliphatic heterocycles. The lowest BCUT2D eigenvalue weighted by molar-refractivity contribution is -0.179. The van der Waals surface area contributed by atoms with Crippen molar-refractivity contribution < 1.29 is 23.1 Å². The SMILES string of the molecule is O=C(O)c1cncnc1N1CCC(C(F)(F)F)CC1. The summed E-state index contributed by atoms with van der Waals surface area (Å²) in [6, 6.07) is 0. The molecule has 0 atom stereocenters. The van der Waals surface area contributed by atoms with Crippen LogP contribution in [0, 0.1) is 5.92 Å². The monoisotopic (exact) mass is 275 g/mol. The number of carbonyl (C=O) groups is 1. The first-order valence-corrected chi connectivity index (χ1v) is 5.74. The number of carboxylic acid groups (broad SMARTS) is 1. The molecule has 1 fully saturated rings. The lowest BCUT2D eigenvalue weighted by Crippen LogP contribution is -2.40. The quantitative estimate of drug-likeness (QED) is 0.893. The van der Waals surface area contributed by atoms with Crippen molar-refractivity contribution in [2.24, 2.45) is 5.92 Å². The highest BCUT2D eigenvalue weighted by atomic mass is 19.4. The fraction of sp³-hybridized carbons (Fsp3) is 0.545. The second kappa shape index (κ2) is 5.02. The highest BCUT2D eigenvalue weighted by Crippen LogP contribution is 2.35. The van der Waals surface area contributed by atoms with E-state index in [4.69, 9.17) is 5.11 Å². The summed E-state index contributed by atoms with van der Waals surface area (Å²) in [6.07, 6.45) is -1.94. The number of rotatable bonds is 2. The molecular formula is C11H12F3N3O2. The maximum atomic E-state index is 12.5. The molecule has 19 heavy (non-hydrogen) atoms. The molecule has 0 bridgehead atoms. The Labute approximate surface area is 107 Å². The van der Waals surface area contributed by atoms with Crippen LogP contribution in [0.15, 0.2) is 12.5 Å². The number of halogens is 3. The second-order valence-corrected chi connectivity index (χ2v) is 4.37. The molecule has 2 rings (SSSR count). The van der Waals surface area contributed by atoms with Gasteiger partial charge in [0.2, 0.25) is 0 Å². The summed E-state index contributed by atoms with van der Waals surface area (Å²) < 4.78 is 37.6. The third kappa shape index (κ3) is 2.94. The molecule has 5 nitrogen and oxygen atoms in total. The van der Waals surface area contributed by atoms with Crippen LogP contribution in [0.25, 0.3) is 0 Å². The minimum Gasteiger partial charge on any atom is -0.477 e. The molecule has 1 N–H and O–H groups in total. The van der Waals surface area contributed by atoms with Crippen LogP contribution in [-0.2, 0) is 0 Å². The summed E-state index contributed by atoms with van der Waals surface area (Å²) in [5.74, 6) is -2.32. The van der Waals surface area contributed by atoms with E-state index in [2.05, 4.69) is 9.97 Å². The zero-order valence-corrected chi connectivity index (χ0v) is 9.89. The van der Waals surface area contributed by atoms with E-state index >= 15 is 0 Å². The minimum atomic E-state index is -4.19. The summed E-state index contributed by atoms with van der Waals surface area (Å²) in [7, 11) is 0. The Morgan fingerprint density at radius 3 is 2.53 bits per heavy atom. The van der Waals surface area contributed by atoms with Crippen LogP contribution >= 0.6 is 0 Å². The minimum absolute atomic E-state index is 0.0490. The zero-order chi connectivity index (χ0) is 14.0. The van der Waals surface area contributed by atoms with Crippen molar-refractivity contribution in [1.82, 2.24) is 9.97 Å². The Morgan fingerprint density at radius 1 is 1.37 bits per heavy atom. The molecule has 2 heterocycles. The first kappa shape index (κ1) is 13.6. The van der Waals surface area contributed by atoms with E-state index in [1.807, 2.05) is 0 Å². The molecule has 104 valence electrons. The molecule has 0 aliphatic carbocycles. The van der Waals surface area contributed by atoms with E-state index in [0.29, 0.717) is 0 Å². The average molecular weight is 275 g/mol. The van der Waals surface area contributed by atoms with E-state index in [1.165, 1.54) is 6.33 Å². The van der Waals surface area contributed by atoms with Crippen molar-refractivity contribution >= 4 is 11.8 Å². The van der Waals surface area contributed by atoms with E-state index in [1.54, 1.807) is 4.90 Å². The molecule has 0 unspecified atom stereocenters. The third-order valence-electron chi connectivity index (χ3n) is 3.18. The van der Waals surface area contributed by atoms with Crippen LogP contribution in [0.2, 0.25) is 0 Å². The molecular weight excluding hydrogens is 263 g/mol. The van der Waals surface area contributed by atoms with Crippen molar-refractivity contribution in [3.05, 3.63) is 18.1 Å². The van der Waals surface area contributed by atoms with Crippen molar-refractivity contribution in [2.45, 2.75) is 19.0 Å². The smallest absolute Gasteiger partial charge is 0.391 e. The molecule has 8 heteroatoms. The van der Waals surface area contributed by atoms with Crippen molar-refractivity contribution in [3.8, 4) is 0 Å². The van der Waals surface area contributed by atoms with Gasteiger partial charge in [-0.25, -0.2) is 14.8 Å². The normalized spacial score (nSPS) is 17.5. The predicted molar refractivity (Wildman–Crippen MR) is 60.0 cm³/mol. The van der Waals surface area contributed by atoms with Gasteiger partial charge in [0.25, 0.3) is 0 Å². The van der Waals surface area contributed by atoms with Gasteiger partial charge in [-0.05, 0) is 12.8 Å². The fourth-order valence-corrected chi connectivity index (χ4v) is 2.14. The Morgan fingerprint density at radius 2 is 2.00 bits per heavy atom. The molecule has 0 spiro atoms. The van der Waals surface area contributed by atoms with Crippen LogP contribution in [0.1, 0.15) is 23.2 Å². The van der Waals surface area contributed by atoms with Crippen molar-refractivity contribution in [1.29, 1.82) is 0 Å². The van der Waals surface area contributed by atoms with E-state index in [0.717, 1.165) is 6.20 Å². The maximum absolute atomic E-state index is 12.5. The van der Waals surface area contributed by atoms with Crippen LogP contribution in [-0.4, -0.2) is 40.3 Å². The molecule has 0 amide bonds. The van der Waals surface area contributed by atoms with Gasteiger partial charge in [-0.1, -0.05) is 0 Å². The van der Waals surface area contributed by atoms with Gasteiger partial charge in [0.05, 0.1) is 5.92 Å². The van der Waals surface area contributed by atoms with E-state index in [9.17, 15) is 18.0 Å². The molecule has 1 saturated heterocycles. The van der Waals surface area contributed by atoms with Crippen LogP contribution in [0.3, 0.4) is 0 Å². The largest absolute Gasteiger partial charge is 0.477 e. The molecule has 1 aromatic heterocycles. The third-order valence-corrected chi connectivity index (χ3v) is 3.18. The molecule has 0 saturated carbocycles. The number of hydrogen-bond acceptors (Lipinski definition) is 4. The summed E-state index contributed by atoms with van der Waals surface area (Å²) in [5.41, 5.74) is -0.0899. The molecule has 1 aromatic rings. The highest BCUT2D eigenvalue weighted by molar-refractivity contribution is 5.92. The number of alkyl halides is 3. The van der Waals surface area contributed by atoms with Crippen molar-refractivity contribution in [2.75, 3.05) is 18.0 Å². The Balaban J connectivity index is 2.12. The first-order chi connectivity index (χ1) is 8.89. The van der Waals surface area contributed by atoms with Gasteiger partial charge in [0, 0.05) is 19.3 Å². The van der Waals surface area contributed by atoms with E-state index < -0.39 is 18.1 Å². The number of aromatic nitrogens is 2. The standard InChI is InChI=1S/C11H12F3N3O2/c12-11(13,14)7-1-3-17(4-2-7)9-8(10(18)19)5-15-6-16-9/h5-7H,1-4H2,(H,18,19). The lowest BCUT2D eigenvalue weighted by atomic mass is 9.96. The van der Waals surface area contributed by atoms with Crippen LogP contribution in [0.4, 0.5) is 19.0 Å². The van der Waals surface area contributed by atoms with Crippen LogP contribution < -0.4 is 4.90 Å². The number of aromatic carboxylic acids is 1. The maximum Gasteiger partial charge on any atom is 0.391 e. The van der Waals surface area contributed by atoms with Gasteiger partial charge in [-0.3, -0.25) is 0 Å². The molecule has 0 radical (unpaired) electrons. The number of hydrogen-bond donors (Lipinski definition) is 1. The van der Waals surface area contributed by atoms with Crippen LogP contribution in [0.5, 0.6) is 0 Å². The Hall–Kier alpha value is -1.86. The molecule has 0 aromatic carbocycles. The summed E-state index contributed by atoms with van der Waals surface area (Å²) >= 11 is 0. The second-order valence-electron chi connectivity index (χ2n) is 4.37. The number of piperidine rings is 1. The lowest BCUT2D eigenvalue weighted by Gasteiger charge is -2.33. The van der Waals surface area contributed by atoms with Gasteiger partial charge in [-0.2, -0.15) is 13.2 Å². The Bertz CT molecular complexity index is 470. The van der Waals surface area contributed by atoms with Gasteiger partial charge >= 0.3 is 12.1 Å². The highest BCUT2D eigenvalue weighted by Gasteiger charge is 2.41. The van der Waals surface area contributed by atoms with Crippen molar-refractivity contribution in [3.63, 3.8) is 0 Å². The van der Waals surface area contributed by atoms with E-state index in [-0.39, 0.29) is 37.3 Å². The number of nitrogens with zero attached hydrogens (tertiary/aromatic N) is 3. The summed E-state index contributed by atoms with van der Waals surface area (Å²) in [4.78, 5) is 20.0. The Kier molecular flexibility index (Phi) is 3.59. The summed E-state index contributed by atoms with van der Waals surface area (Å²) in [5, 5.41) is 8.99. The fourth-order valence-electron chi connectivity index (χ4n) is 2.14. The van der Waals surface area contributed by atoms with Gasteiger partial charge < -0.3 is 10.0 Å². The van der Waals surface area contributed by atoms with Gasteiger partial charge in [0.15, 0.2) is 0 Å². The topological polar surface area (TPSA) is 66.3 Å². The van der Waals surface area contributed by atoms with Gasteiger partial charge in [-0.15, -0.1) is 0 Å².